The molecule has 4 nitrogen and oxygen atoms in total. The third-order valence-electron chi connectivity index (χ3n) is 3.44. The Morgan fingerprint density at radius 3 is 2.89 bits per heavy atom. The van der Waals surface area contributed by atoms with Crippen molar-refractivity contribution in [1.82, 2.24) is 9.78 Å². The molecule has 0 radical (unpaired) electrons. The third kappa shape index (κ3) is 1.45. The molecule has 4 heteroatoms. The van der Waals surface area contributed by atoms with Gasteiger partial charge in [0.05, 0.1) is 12.8 Å². The van der Waals surface area contributed by atoms with Crippen LogP contribution in [0.4, 0.5) is 0 Å². The quantitative estimate of drug-likeness (QED) is 0.718. The molecule has 0 aliphatic heterocycles. The lowest BCUT2D eigenvalue weighted by Crippen LogP contribution is -2.09. The van der Waals surface area contributed by atoms with E-state index >= 15 is 0 Å². The van der Waals surface area contributed by atoms with Crippen LogP contribution in [-0.4, -0.2) is 22.9 Å². The predicted molar refractivity (Wildman–Crippen MR) is 67.4 cm³/mol. The maximum absolute atomic E-state index is 11.7. The average molecular weight is 242 g/mol. The van der Waals surface area contributed by atoms with E-state index in [4.69, 9.17) is 4.74 Å². The lowest BCUT2D eigenvalue weighted by atomic mass is 9.89. The van der Waals surface area contributed by atoms with Crippen LogP contribution < -0.4 is 0 Å². The number of esters is 1. The third-order valence-corrected chi connectivity index (χ3v) is 3.44. The van der Waals surface area contributed by atoms with Gasteiger partial charge in [0.2, 0.25) is 0 Å². The Hall–Kier alpha value is -2.10. The number of ether oxygens (including phenoxy) is 1. The Bertz CT molecular complexity index is 629. The number of methoxy groups -OCH3 is 1. The molecule has 1 aliphatic carbocycles. The highest BCUT2D eigenvalue weighted by Gasteiger charge is 2.27. The van der Waals surface area contributed by atoms with E-state index in [2.05, 4.69) is 17.2 Å². The van der Waals surface area contributed by atoms with Gasteiger partial charge in [0, 0.05) is 18.2 Å². The number of aryl methyl sites for hydroxylation is 2. The maximum atomic E-state index is 11.7. The molecule has 0 spiro atoms. The fourth-order valence-corrected chi connectivity index (χ4v) is 2.63. The van der Waals surface area contributed by atoms with E-state index in [0.717, 1.165) is 24.1 Å². The van der Waals surface area contributed by atoms with Crippen LogP contribution in [0.15, 0.2) is 24.3 Å². The van der Waals surface area contributed by atoms with Crippen molar-refractivity contribution < 1.29 is 9.53 Å². The number of benzene rings is 1. The second-order valence-electron chi connectivity index (χ2n) is 4.45. The standard InChI is InChI=1S/C14H14N2O2/c1-16-13-10-6-4-3-5-9(10)7-8-11(13)12(15-16)14(17)18-2/h3-6H,7-8H2,1-2H3. The SMILES string of the molecule is COC(=O)c1nn(C)c2c1CCc1ccccc1-2. The molecule has 1 aromatic heterocycles. The zero-order valence-corrected chi connectivity index (χ0v) is 10.4. The van der Waals surface area contributed by atoms with Crippen LogP contribution in [0.5, 0.6) is 0 Å². The van der Waals surface area contributed by atoms with Gasteiger partial charge in [0.25, 0.3) is 0 Å². The molecule has 0 atom stereocenters. The molecule has 1 heterocycles. The van der Waals surface area contributed by atoms with Gasteiger partial charge in [-0.2, -0.15) is 5.10 Å². The molecule has 3 rings (SSSR count). The molecule has 0 saturated heterocycles. The van der Waals surface area contributed by atoms with Crippen LogP contribution in [-0.2, 0) is 24.6 Å². The summed E-state index contributed by atoms with van der Waals surface area (Å²) in [6, 6.07) is 8.26. The molecule has 0 unspecified atom stereocenters. The summed E-state index contributed by atoms with van der Waals surface area (Å²) < 4.78 is 6.57. The average Bonchev–Trinajstić information content (AvgIpc) is 2.76. The summed E-state index contributed by atoms with van der Waals surface area (Å²) in [7, 11) is 3.26. The molecule has 1 aliphatic rings. The van der Waals surface area contributed by atoms with Crippen molar-refractivity contribution in [3.8, 4) is 11.3 Å². The highest BCUT2D eigenvalue weighted by molar-refractivity contribution is 5.92. The Balaban J connectivity index is 2.23. The van der Waals surface area contributed by atoms with E-state index in [0.29, 0.717) is 5.69 Å². The van der Waals surface area contributed by atoms with Crippen LogP contribution in [0.2, 0.25) is 0 Å². The van der Waals surface area contributed by atoms with Crippen molar-refractivity contribution in [1.29, 1.82) is 0 Å². The van der Waals surface area contributed by atoms with Crippen molar-refractivity contribution in [2.24, 2.45) is 7.05 Å². The molecule has 1 aromatic carbocycles. The van der Waals surface area contributed by atoms with Crippen LogP contribution in [0, 0.1) is 0 Å². The van der Waals surface area contributed by atoms with Gasteiger partial charge in [-0.15, -0.1) is 0 Å². The zero-order chi connectivity index (χ0) is 12.7. The topological polar surface area (TPSA) is 44.1 Å². The first-order valence-electron chi connectivity index (χ1n) is 5.95. The summed E-state index contributed by atoms with van der Waals surface area (Å²) in [5.74, 6) is -0.355. The van der Waals surface area contributed by atoms with Gasteiger partial charge in [-0.05, 0) is 18.4 Å². The molecular weight excluding hydrogens is 228 g/mol. The first-order valence-corrected chi connectivity index (χ1v) is 5.95. The van der Waals surface area contributed by atoms with E-state index in [9.17, 15) is 4.79 Å². The summed E-state index contributed by atoms with van der Waals surface area (Å²) in [6.07, 6.45) is 1.78. The number of aromatic nitrogens is 2. The molecule has 0 bridgehead atoms. The van der Waals surface area contributed by atoms with Gasteiger partial charge >= 0.3 is 5.97 Å². The minimum absolute atomic E-state index is 0.355. The highest BCUT2D eigenvalue weighted by atomic mass is 16.5. The minimum atomic E-state index is -0.355. The molecular formula is C14H14N2O2. The summed E-state index contributed by atoms with van der Waals surface area (Å²) in [4.78, 5) is 11.7. The maximum Gasteiger partial charge on any atom is 0.358 e. The summed E-state index contributed by atoms with van der Waals surface area (Å²) in [5.41, 5.74) is 4.97. The summed E-state index contributed by atoms with van der Waals surface area (Å²) in [6.45, 7) is 0. The van der Waals surface area contributed by atoms with Crippen molar-refractivity contribution in [2.75, 3.05) is 7.11 Å². The monoisotopic (exact) mass is 242 g/mol. The summed E-state index contributed by atoms with van der Waals surface area (Å²) >= 11 is 0. The number of fused-ring (bicyclic) bond motifs is 3. The van der Waals surface area contributed by atoms with Crippen LogP contribution in [0.3, 0.4) is 0 Å². The fourth-order valence-electron chi connectivity index (χ4n) is 2.63. The molecule has 0 amide bonds. The van der Waals surface area contributed by atoms with Crippen molar-refractivity contribution >= 4 is 5.97 Å². The first-order chi connectivity index (χ1) is 8.72. The van der Waals surface area contributed by atoms with Gasteiger partial charge in [-0.25, -0.2) is 4.79 Å². The minimum Gasteiger partial charge on any atom is -0.464 e. The molecule has 92 valence electrons. The number of rotatable bonds is 1. The van der Waals surface area contributed by atoms with Crippen LogP contribution >= 0.6 is 0 Å². The summed E-state index contributed by atoms with van der Waals surface area (Å²) in [5, 5.41) is 4.30. The van der Waals surface area contributed by atoms with Gasteiger partial charge in [-0.3, -0.25) is 4.68 Å². The first kappa shape index (κ1) is 11.0. The van der Waals surface area contributed by atoms with Gasteiger partial charge < -0.3 is 4.74 Å². The van der Waals surface area contributed by atoms with Gasteiger partial charge in [-0.1, -0.05) is 24.3 Å². The Morgan fingerprint density at radius 1 is 1.33 bits per heavy atom. The van der Waals surface area contributed by atoms with Gasteiger partial charge in [0.15, 0.2) is 5.69 Å². The molecule has 2 aromatic rings. The highest BCUT2D eigenvalue weighted by Crippen LogP contribution is 2.34. The molecule has 0 N–H and O–H groups in total. The molecule has 18 heavy (non-hydrogen) atoms. The lowest BCUT2D eigenvalue weighted by Gasteiger charge is -2.17. The second-order valence-corrected chi connectivity index (χ2v) is 4.45. The Labute approximate surface area is 105 Å². The second kappa shape index (κ2) is 3.98. The number of nitrogens with zero attached hydrogens (tertiary/aromatic N) is 2. The van der Waals surface area contributed by atoms with E-state index < -0.39 is 0 Å². The number of carbonyl (C=O) groups excluding carboxylic acids is 1. The fraction of sp³-hybridized carbons (Fsp3) is 0.286. The Kier molecular flexibility index (Phi) is 2.44. The molecule has 0 fully saturated rings. The lowest BCUT2D eigenvalue weighted by molar-refractivity contribution is 0.0592. The normalized spacial score (nSPS) is 12.8. The number of hydrogen-bond donors (Lipinski definition) is 0. The number of hydrogen-bond acceptors (Lipinski definition) is 3. The predicted octanol–water partition coefficient (Wildman–Crippen LogP) is 1.97. The van der Waals surface area contributed by atoms with E-state index in [1.807, 2.05) is 19.2 Å². The smallest absolute Gasteiger partial charge is 0.358 e. The van der Waals surface area contributed by atoms with Gasteiger partial charge in [0.1, 0.15) is 0 Å². The van der Waals surface area contributed by atoms with E-state index in [1.54, 1.807) is 4.68 Å². The molecule has 0 saturated carbocycles. The number of carbonyl (C=O) groups is 1. The van der Waals surface area contributed by atoms with Crippen LogP contribution in [0.1, 0.15) is 21.6 Å². The Morgan fingerprint density at radius 2 is 2.11 bits per heavy atom. The largest absolute Gasteiger partial charge is 0.464 e. The van der Waals surface area contributed by atoms with Crippen LogP contribution in [0.25, 0.3) is 11.3 Å². The van der Waals surface area contributed by atoms with E-state index in [-0.39, 0.29) is 5.97 Å². The van der Waals surface area contributed by atoms with E-state index in [1.165, 1.54) is 18.2 Å². The van der Waals surface area contributed by atoms with Crippen molar-refractivity contribution in [3.05, 3.63) is 41.1 Å². The van der Waals surface area contributed by atoms with Crippen molar-refractivity contribution in [3.63, 3.8) is 0 Å². The zero-order valence-electron chi connectivity index (χ0n) is 10.4. The van der Waals surface area contributed by atoms with Crippen molar-refractivity contribution in [2.45, 2.75) is 12.8 Å².